The molecule has 114 valence electrons. The third-order valence-electron chi connectivity index (χ3n) is 2.98. The van der Waals surface area contributed by atoms with Gasteiger partial charge in [-0.05, 0) is 29.8 Å². The zero-order valence-corrected chi connectivity index (χ0v) is 12.1. The van der Waals surface area contributed by atoms with Crippen LogP contribution in [-0.4, -0.2) is 16.5 Å². The van der Waals surface area contributed by atoms with Gasteiger partial charge in [-0.3, -0.25) is 24.1 Å². The van der Waals surface area contributed by atoms with Crippen molar-refractivity contribution in [2.75, 3.05) is 6.61 Å². The highest BCUT2D eigenvalue weighted by Crippen LogP contribution is 2.58. The zero-order chi connectivity index (χ0) is 15.6. The van der Waals surface area contributed by atoms with E-state index in [1.165, 1.54) is 24.3 Å². The third-order valence-corrected chi connectivity index (χ3v) is 4.40. The second-order valence-corrected chi connectivity index (χ2v) is 6.01. The van der Waals surface area contributed by atoms with Gasteiger partial charge in [-0.1, -0.05) is 0 Å². The van der Waals surface area contributed by atoms with Gasteiger partial charge in [0, 0.05) is 24.5 Å². The normalized spacial score (nSPS) is 24.1. The maximum atomic E-state index is 12.4. The molecule has 0 N–H and O–H groups in total. The predicted octanol–water partition coefficient (Wildman–Crippen LogP) is 3.26. The number of benzene rings is 1. The van der Waals surface area contributed by atoms with Crippen LogP contribution in [0.1, 0.15) is 11.7 Å². The molecule has 1 aromatic heterocycles. The molecule has 1 aliphatic heterocycles. The minimum Gasteiger partial charge on any atom is -0.404 e. The SMILES string of the molecule is O=[N+]([O-])c1ccc(OP2(=O)OCC(c3ccncc3)O2)cc1. The Morgan fingerprint density at radius 1 is 1.23 bits per heavy atom. The van der Waals surface area contributed by atoms with Crippen LogP contribution in [0.15, 0.2) is 48.8 Å². The fourth-order valence-electron chi connectivity index (χ4n) is 1.92. The topological polar surface area (TPSA) is 101 Å². The highest BCUT2D eigenvalue weighted by Gasteiger charge is 2.41. The Hall–Kier alpha value is -2.28. The molecule has 3 rings (SSSR count). The van der Waals surface area contributed by atoms with Gasteiger partial charge in [-0.2, -0.15) is 0 Å². The van der Waals surface area contributed by atoms with Gasteiger partial charge in [0.2, 0.25) is 0 Å². The smallest absolute Gasteiger partial charge is 0.404 e. The molecule has 1 saturated heterocycles. The van der Waals surface area contributed by atoms with E-state index >= 15 is 0 Å². The van der Waals surface area contributed by atoms with Crippen LogP contribution in [0.2, 0.25) is 0 Å². The standard InChI is InChI=1S/C13H11N2O6P/c16-15(17)11-1-3-12(4-2-11)20-22(18)19-9-13(21-22)10-5-7-14-8-6-10/h1-8,13H,9H2. The molecule has 0 aliphatic carbocycles. The quantitative estimate of drug-likeness (QED) is 0.483. The van der Waals surface area contributed by atoms with E-state index in [-0.39, 0.29) is 18.0 Å². The number of phosphoric acid groups is 1. The zero-order valence-electron chi connectivity index (χ0n) is 11.2. The van der Waals surface area contributed by atoms with Gasteiger partial charge in [0.25, 0.3) is 5.69 Å². The van der Waals surface area contributed by atoms with E-state index in [2.05, 4.69) is 4.98 Å². The fourth-order valence-corrected chi connectivity index (χ4v) is 3.27. The number of pyridine rings is 1. The Morgan fingerprint density at radius 2 is 1.91 bits per heavy atom. The van der Waals surface area contributed by atoms with E-state index in [0.29, 0.717) is 0 Å². The summed E-state index contributed by atoms with van der Waals surface area (Å²) in [6.07, 6.45) is 2.69. The summed E-state index contributed by atoms with van der Waals surface area (Å²) in [7, 11) is -3.74. The molecule has 2 aromatic rings. The highest BCUT2D eigenvalue weighted by atomic mass is 31.2. The number of hydrogen-bond donors (Lipinski definition) is 0. The van der Waals surface area contributed by atoms with Crippen molar-refractivity contribution in [3.8, 4) is 5.75 Å². The molecular formula is C13H11N2O6P. The Kier molecular flexibility index (Phi) is 3.89. The largest absolute Gasteiger partial charge is 0.530 e. The van der Waals surface area contributed by atoms with E-state index in [1.807, 2.05) is 0 Å². The van der Waals surface area contributed by atoms with Crippen molar-refractivity contribution in [2.45, 2.75) is 6.10 Å². The van der Waals surface area contributed by atoms with Crippen LogP contribution in [0.25, 0.3) is 0 Å². The van der Waals surface area contributed by atoms with Crippen LogP contribution in [-0.2, 0) is 13.6 Å². The van der Waals surface area contributed by atoms with Crippen molar-refractivity contribution in [2.24, 2.45) is 0 Å². The van der Waals surface area contributed by atoms with Crippen LogP contribution < -0.4 is 4.52 Å². The summed E-state index contributed by atoms with van der Waals surface area (Å²) in [5.41, 5.74) is 0.688. The molecule has 0 radical (unpaired) electrons. The minimum absolute atomic E-state index is 0.0893. The van der Waals surface area contributed by atoms with Crippen molar-refractivity contribution >= 4 is 13.5 Å². The van der Waals surface area contributed by atoms with Crippen molar-refractivity contribution < 1.29 is 23.1 Å². The summed E-state index contributed by atoms with van der Waals surface area (Å²) in [4.78, 5) is 13.9. The van der Waals surface area contributed by atoms with Gasteiger partial charge in [-0.25, -0.2) is 4.57 Å². The maximum absolute atomic E-state index is 12.4. The molecule has 0 bridgehead atoms. The monoisotopic (exact) mass is 322 g/mol. The van der Waals surface area contributed by atoms with E-state index in [9.17, 15) is 14.7 Å². The molecule has 8 nitrogen and oxygen atoms in total. The number of nitrogens with zero attached hydrogens (tertiary/aromatic N) is 2. The maximum Gasteiger partial charge on any atom is 0.530 e. The number of hydrogen-bond acceptors (Lipinski definition) is 7. The van der Waals surface area contributed by atoms with Gasteiger partial charge in [0.1, 0.15) is 11.9 Å². The van der Waals surface area contributed by atoms with Crippen molar-refractivity contribution in [3.63, 3.8) is 0 Å². The Bertz CT molecular complexity index is 721. The first kappa shape index (κ1) is 14.6. The lowest BCUT2D eigenvalue weighted by Crippen LogP contribution is -1.99. The van der Waals surface area contributed by atoms with E-state index in [0.717, 1.165) is 5.56 Å². The fraction of sp³-hybridized carbons (Fsp3) is 0.154. The minimum atomic E-state index is -3.74. The summed E-state index contributed by atoms with van der Waals surface area (Å²) < 4.78 is 28.1. The molecule has 1 fully saturated rings. The van der Waals surface area contributed by atoms with Crippen LogP contribution >= 0.6 is 7.82 Å². The predicted molar refractivity (Wildman–Crippen MR) is 75.3 cm³/mol. The summed E-state index contributed by atoms with van der Waals surface area (Å²) >= 11 is 0. The first-order chi connectivity index (χ1) is 10.6. The van der Waals surface area contributed by atoms with Crippen LogP contribution in [0.5, 0.6) is 5.75 Å². The Morgan fingerprint density at radius 3 is 2.55 bits per heavy atom. The molecule has 2 heterocycles. The van der Waals surface area contributed by atoms with Gasteiger partial charge in [0.15, 0.2) is 0 Å². The Labute approximate surface area is 125 Å². The van der Waals surface area contributed by atoms with Crippen LogP contribution in [0.4, 0.5) is 5.69 Å². The average molecular weight is 322 g/mol. The lowest BCUT2D eigenvalue weighted by molar-refractivity contribution is -0.384. The van der Waals surface area contributed by atoms with E-state index in [1.54, 1.807) is 24.5 Å². The lowest BCUT2D eigenvalue weighted by Gasteiger charge is -2.12. The number of non-ortho nitro benzene ring substituents is 1. The number of phosphoric ester groups is 1. The van der Waals surface area contributed by atoms with Crippen molar-refractivity contribution in [3.05, 3.63) is 64.5 Å². The molecule has 9 heteroatoms. The first-order valence-electron chi connectivity index (χ1n) is 6.33. The summed E-state index contributed by atoms with van der Waals surface area (Å²) in [5, 5.41) is 10.6. The second kappa shape index (κ2) is 5.84. The van der Waals surface area contributed by atoms with Crippen molar-refractivity contribution in [1.82, 2.24) is 4.98 Å². The summed E-state index contributed by atoms with van der Waals surface area (Å²) in [6.45, 7) is 0.0915. The first-order valence-corrected chi connectivity index (χ1v) is 7.79. The molecule has 1 aliphatic rings. The van der Waals surface area contributed by atoms with E-state index in [4.69, 9.17) is 13.6 Å². The number of aromatic nitrogens is 1. The van der Waals surface area contributed by atoms with E-state index < -0.39 is 18.8 Å². The van der Waals surface area contributed by atoms with Crippen LogP contribution in [0.3, 0.4) is 0 Å². The van der Waals surface area contributed by atoms with Gasteiger partial charge >= 0.3 is 7.82 Å². The molecule has 22 heavy (non-hydrogen) atoms. The molecule has 0 saturated carbocycles. The Balaban J connectivity index is 1.70. The number of nitro groups is 1. The van der Waals surface area contributed by atoms with Gasteiger partial charge in [-0.15, -0.1) is 0 Å². The molecule has 2 atom stereocenters. The molecule has 0 spiro atoms. The molecule has 2 unspecified atom stereocenters. The molecular weight excluding hydrogens is 311 g/mol. The lowest BCUT2D eigenvalue weighted by atomic mass is 10.2. The molecule has 1 aromatic carbocycles. The van der Waals surface area contributed by atoms with Gasteiger partial charge < -0.3 is 4.52 Å². The van der Waals surface area contributed by atoms with Gasteiger partial charge in [0.05, 0.1) is 11.5 Å². The van der Waals surface area contributed by atoms with Crippen LogP contribution in [0, 0.1) is 10.1 Å². The summed E-state index contributed by atoms with van der Waals surface area (Å²) in [6, 6.07) is 8.63. The second-order valence-electron chi connectivity index (χ2n) is 4.46. The molecule has 0 amide bonds. The average Bonchev–Trinajstić information content (AvgIpc) is 2.91. The number of nitro benzene ring substituents is 1. The number of rotatable bonds is 4. The van der Waals surface area contributed by atoms with Crippen molar-refractivity contribution in [1.29, 1.82) is 0 Å². The third kappa shape index (κ3) is 3.14. The summed E-state index contributed by atoms with van der Waals surface area (Å²) in [5.74, 6) is 0.171. The highest BCUT2D eigenvalue weighted by molar-refractivity contribution is 7.49.